The van der Waals surface area contributed by atoms with Gasteiger partial charge in [0, 0.05) is 0 Å². The molecule has 0 fully saturated rings. The Morgan fingerprint density at radius 3 is 2.71 bits per heavy atom. The van der Waals surface area contributed by atoms with Crippen LogP contribution in [0.15, 0.2) is 18.2 Å². The van der Waals surface area contributed by atoms with Crippen molar-refractivity contribution in [1.29, 1.82) is 0 Å². The van der Waals surface area contributed by atoms with E-state index in [1.54, 1.807) is 0 Å². The number of aryl methyl sites for hydroxylation is 1. The van der Waals surface area contributed by atoms with E-state index in [0.29, 0.717) is 0 Å². The summed E-state index contributed by atoms with van der Waals surface area (Å²) in [6.07, 6.45) is 3.61. The van der Waals surface area contributed by atoms with Crippen LogP contribution in [-0.4, -0.2) is 19.7 Å². The molecule has 17 heavy (non-hydrogen) atoms. The van der Waals surface area contributed by atoms with Crippen LogP contribution in [-0.2, 0) is 0 Å². The third kappa shape index (κ3) is 5.22. The van der Waals surface area contributed by atoms with Crippen LogP contribution in [0.5, 0.6) is 5.75 Å². The normalized spacial score (nSPS) is 10.5. The zero-order valence-electron chi connectivity index (χ0n) is 11.4. The van der Waals surface area contributed by atoms with Gasteiger partial charge in [-0.05, 0) is 63.4 Å². The summed E-state index contributed by atoms with van der Waals surface area (Å²) < 4.78 is 5.80. The van der Waals surface area contributed by atoms with Gasteiger partial charge >= 0.3 is 0 Å². The van der Waals surface area contributed by atoms with Crippen LogP contribution in [0.3, 0.4) is 0 Å². The van der Waals surface area contributed by atoms with Crippen molar-refractivity contribution >= 4 is 0 Å². The van der Waals surface area contributed by atoms with Crippen LogP contribution < -0.4 is 10.1 Å². The Morgan fingerprint density at radius 1 is 1.12 bits per heavy atom. The van der Waals surface area contributed by atoms with Crippen molar-refractivity contribution in [1.82, 2.24) is 5.32 Å². The molecule has 0 heterocycles. The van der Waals surface area contributed by atoms with Crippen LogP contribution in [0.2, 0.25) is 0 Å². The van der Waals surface area contributed by atoms with E-state index in [1.165, 1.54) is 24.0 Å². The van der Waals surface area contributed by atoms with Gasteiger partial charge in [-0.3, -0.25) is 0 Å². The highest BCUT2D eigenvalue weighted by Gasteiger charge is 2.00. The summed E-state index contributed by atoms with van der Waals surface area (Å²) in [5.74, 6) is 1.04. The molecule has 0 spiro atoms. The van der Waals surface area contributed by atoms with Gasteiger partial charge in [-0.1, -0.05) is 19.1 Å². The number of rotatable bonds is 8. The predicted octanol–water partition coefficient (Wildman–Crippen LogP) is 3.46. The Bertz CT molecular complexity index is 323. The number of nitrogens with one attached hydrogen (secondary N) is 1. The molecule has 0 aliphatic heterocycles. The van der Waals surface area contributed by atoms with Crippen LogP contribution in [0.25, 0.3) is 0 Å². The molecule has 0 bridgehead atoms. The van der Waals surface area contributed by atoms with Gasteiger partial charge in [0.1, 0.15) is 5.75 Å². The summed E-state index contributed by atoms with van der Waals surface area (Å²) in [6, 6.07) is 6.24. The van der Waals surface area contributed by atoms with Crippen LogP contribution in [0.1, 0.15) is 37.3 Å². The zero-order valence-corrected chi connectivity index (χ0v) is 11.4. The summed E-state index contributed by atoms with van der Waals surface area (Å²) in [4.78, 5) is 0. The first kappa shape index (κ1) is 14.0. The van der Waals surface area contributed by atoms with Crippen molar-refractivity contribution in [2.45, 2.75) is 40.0 Å². The second kappa shape index (κ2) is 8.13. The number of hydrogen-bond donors (Lipinski definition) is 1. The van der Waals surface area contributed by atoms with Crippen molar-refractivity contribution in [2.75, 3.05) is 19.7 Å². The Balaban J connectivity index is 2.16. The summed E-state index contributed by atoms with van der Waals surface area (Å²) in [7, 11) is 0. The topological polar surface area (TPSA) is 21.3 Å². The number of ether oxygens (including phenoxy) is 1. The Morgan fingerprint density at radius 2 is 1.94 bits per heavy atom. The summed E-state index contributed by atoms with van der Waals surface area (Å²) in [6.45, 7) is 9.41. The second-order valence-corrected chi connectivity index (χ2v) is 4.46. The molecule has 1 rings (SSSR count). The highest BCUT2D eigenvalue weighted by Crippen LogP contribution is 2.20. The Hall–Kier alpha value is -1.02. The number of hydrogen-bond acceptors (Lipinski definition) is 2. The third-order valence-electron chi connectivity index (χ3n) is 3.06. The lowest BCUT2D eigenvalue weighted by Gasteiger charge is -2.10. The lowest BCUT2D eigenvalue weighted by Crippen LogP contribution is -2.14. The molecule has 1 N–H and O–H groups in total. The molecule has 0 unspecified atom stereocenters. The van der Waals surface area contributed by atoms with E-state index in [9.17, 15) is 0 Å². The second-order valence-electron chi connectivity index (χ2n) is 4.46. The van der Waals surface area contributed by atoms with Gasteiger partial charge in [0.15, 0.2) is 0 Å². The van der Waals surface area contributed by atoms with Gasteiger partial charge in [-0.15, -0.1) is 0 Å². The van der Waals surface area contributed by atoms with Crippen molar-refractivity contribution in [3.05, 3.63) is 29.3 Å². The molecule has 1 aromatic rings. The molecule has 0 saturated carbocycles. The third-order valence-corrected chi connectivity index (χ3v) is 3.06. The lowest BCUT2D eigenvalue weighted by molar-refractivity contribution is 0.303. The van der Waals surface area contributed by atoms with Gasteiger partial charge in [0.2, 0.25) is 0 Å². The molecule has 0 atom stereocenters. The summed E-state index contributed by atoms with van der Waals surface area (Å²) in [5.41, 5.74) is 2.56. The van der Waals surface area contributed by atoms with Crippen molar-refractivity contribution < 1.29 is 4.74 Å². The fourth-order valence-electron chi connectivity index (χ4n) is 1.77. The van der Waals surface area contributed by atoms with Crippen molar-refractivity contribution in [2.24, 2.45) is 0 Å². The first-order valence-corrected chi connectivity index (χ1v) is 6.65. The van der Waals surface area contributed by atoms with Crippen LogP contribution in [0, 0.1) is 13.8 Å². The molecule has 2 heteroatoms. The van der Waals surface area contributed by atoms with Crippen molar-refractivity contribution in [3.63, 3.8) is 0 Å². The maximum absolute atomic E-state index is 5.80. The smallest absolute Gasteiger partial charge is 0.122 e. The maximum Gasteiger partial charge on any atom is 0.122 e. The Labute approximate surface area is 105 Å². The molecule has 2 nitrogen and oxygen atoms in total. The monoisotopic (exact) mass is 235 g/mol. The van der Waals surface area contributed by atoms with E-state index in [2.05, 4.69) is 44.3 Å². The molecular weight excluding hydrogens is 210 g/mol. The van der Waals surface area contributed by atoms with E-state index in [1.807, 2.05) is 0 Å². The minimum Gasteiger partial charge on any atom is -0.493 e. The molecule has 0 aromatic heterocycles. The molecule has 0 aliphatic carbocycles. The summed E-state index contributed by atoms with van der Waals surface area (Å²) in [5, 5.41) is 3.33. The van der Waals surface area contributed by atoms with E-state index in [-0.39, 0.29) is 0 Å². The van der Waals surface area contributed by atoms with E-state index in [0.717, 1.165) is 31.9 Å². The van der Waals surface area contributed by atoms with E-state index in [4.69, 9.17) is 4.74 Å². The first-order chi connectivity index (χ1) is 8.25. The van der Waals surface area contributed by atoms with Gasteiger partial charge in [-0.25, -0.2) is 0 Å². The van der Waals surface area contributed by atoms with E-state index < -0.39 is 0 Å². The highest BCUT2D eigenvalue weighted by atomic mass is 16.5. The molecule has 0 radical (unpaired) electrons. The summed E-state index contributed by atoms with van der Waals surface area (Å²) >= 11 is 0. The number of unbranched alkanes of at least 4 members (excludes halogenated alkanes) is 2. The first-order valence-electron chi connectivity index (χ1n) is 6.65. The highest BCUT2D eigenvalue weighted by molar-refractivity contribution is 5.38. The molecular formula is C15H25NO. The fraction of sp³-hybridized carbons (Fsp3) is 0.600. The van der Waals surface area contributed by atoms with Gasteiger partial charge in [0.25, 0.3) is 0 Å². The van der Waals surface area contributed by atoms with E-state index >= 15 is 0 Å². The quantitative estimate of drug-likeness (QED) is 0.697. The van der Waals surface area contributed by atoms with Gasteiger partial charge < -0.3 is 10.1 Å². The standard InChI is InChI=1S/C15H25NO/c1-4-16-11-6-5-7-12-17-15-10-8-9-13(2)14(15)3/h8-10,16H,4-7,11-12H2,1-3H3. The van der Waals surface area contributed by atoms with Gasteiger partial charge in [-0.2, -0.15) is 0 Å². The van der Waals surface area contributed by atoms with Crippen LogP contribution >= 0.6 is 0 Å². The average Bonchev–Trinajstić information content (AvgIpc) is 2.33. The minimum atomic E-state index is 0.830. The largest absolute Gasteiger partial charge is 0.493 e. The fourth-order valence-corrected chi connectivity index (χ4v) is 1.77. The van der Waals surface area contributed by atoms with Gasteiger partial charge in [0.05, 0.1) is 6.61 Å². The molecule has 1 aromatic carbocycles. The SMILES string of the molecule is CCNCCCCCOc1cccc(C)c1C. The Kier molecular flexibility index (Phi) is 6.71. The predicted molar refractivity (Wildman–Crippen MR) is 73.8 cm³/mol. The lowest BCUT2D eigenvalue weighted by atomic mass is 10.1. The number of benzene rings is 1. The minimum absolute atomic E-state index is 0.830. The van der Waals surface area contributed by atoms with Crippen LogP contribution in [0.4, 0.5) is 0 Å². The zero-order chi connectivity index (χ0) is 12.5. The molecule has 0 saturated heterocycles. The maximum atomic E-state index is 5.80. The van der Waals surface area contributed by atoms with Crippen molar-refractivity contribution in [3.8, 4) is 5.75 Å². The molecule has 96 valence electrons. The average molecular weight is 235 g/mol. The molecule has 0 amide bonds. The molecule has 0 aliphatic rings.